The zero-order chi connectivity index (χ0) is 15.1. The van der Waals surface area contributed by atoms with Gasteiger partial charge < -0.3 is 0 Å². The molecule has 0 bridgehead atoms. The lowest BCUT2D eigenvalue weighted by atomic mass is 10.2. The van der Waals surface area contributed by atoms with E-state index < -0.39 is 11.2 Å². The number of hydrazone groups is 1. The molecular formula is C13H13N5O3. The molecule has 2 aromatic rings. The van der Waals surface area contributed by atoms with Gasteiger partial charge in [-0.1, -0.05) is 30.3 Å². The maximum atomic E-state index is 11.5. The monoisotopic (exact) mass is 287 g/mol. The summed E-state index contributed by atoms with van der Waals surface area (Å²) in [7, 11) is 0. The van der Waals surface area contributed by atoms with Crippen LogP contribution in [-0.4, -0.2) is 27.3 Å². The molecule has 1 heterocycles. The summed E-state index contributed by atoms with van der Waals surface area (Å²) in [5.74, 6) is -0.352. The van der Waals surface area contributed by atoms with Crippen molar-refractivity contribution in [3.05, 3.63) is 62.4 Å². The van der Waals surface area contributed by atoms with E-state index in [0.717, 1.165) is 5.56 Å². The van der Waals surface area contributed by atoms with Crippen LogP contribution >= 0.6 is 0 Å². The van der Waals surface area contributed by atoms with Gasteiger partial charge in [0.15, 0.2) is 0 Å². The summed E-state index contributed by atoms with van der Waals surface area (Å²) in [4.78, 5) is 35.7. The molecule has 1 amide bonds. The zero-order valence-electron chi connectivity index (χ0n) is 11.0. The number of amides is 1. The maximum absolute atomic E-state index is 11.5. The highest BCUT2D eigenvalue weighted by atomic mass is 16.2. The van der Waals surface area contributed by atoms with Crippen LogP contribution in [0.2, 0.25) is 0 Å². The summed E-state index contributed by atoms with van der Waals surface area (Å²) in [6.45, 7) is 0. The van der Waals surface area contributed by atoms with Gasteiger partial charge in [-0.05, 0) is 5.56 Å². The van der Waals surface area contributed by atoms with Crippen LogP contribution in [0.25, 0.3) is 0 Å². The SMILES string of the molecule is O=C(CCc1n[nH]c(=O)[nH]c1=O)NN=Cc1ccccc1. The highest BCUT2D eigenvalue weighted by Gasteiger charge is 2.06. The first-order valence-electron chi connectivity index (χ1n) is 6.20. The summed E-state index contributed by atoms with van der Waals surface area (Å²) in [6, 6.07) is 9.29. The molecular weight excluding hydrogens is 274 g/mol. The van der Waals surface area contributed by atoms with E-state index in [1.54, 1.807) is 0 Å². The Kier molecular flexibility index (Phi) is 4.75. The van der Waals surface area contributed by atoms with Gasteiger partial charge in [0, 0.05) is 12.8 Å². The van der Waals surface area contributed by atoms with Crippen LogP contribution in [0.5, 0.6) is 0 Å². The van der Waals surface area contributed by atoms with Crippen LogP contribution in [0.3, 0.4) is 0 Å². The topological polar surface area (TPSA) is 120 Å². The van der Waals surface area contributed by atoms with E-state index in [4.69, 9.17) is 0 Å². The van der Waals surface area contributed by atoms with Gasteiger partial charge in [0.1, 0.15) is 5.69 Å². The molecule has 0 saturated heterocycles. The molecule has 0 unspecified atom stereocenters. The number of nitrogens with zero attached hydrogens (tertiary/aromatic N) is 2. The lowest BCUT2D eigenvalue weighted by Gasteiger charge is -1.99. The van der Waals surface area contributed by atoms with Crippen LogP contribution in [0.4, 0.5) is 0 Å². The number of carbonyl (C=O) groups excluding carboxylic acids is 1. The number of carbonyl (C=O) groups is 1. The van der Waals surface area contributed by atoms with Crippen molar-refractivity contribution in [2.75, 3.05) is 0 Å². The molecule has 21 heavy (non-hydrogen) atoms. The molecule has 3 N–H and O–H groups in total. The van der Waals surface area contributed by atoms with Crippen molar-refractivity contribution in [3.63, 3.8) is 0 Å². The Hall–Kier alpha value is -3.03. The van der Waals surface area contributed by atoms with Crippen molar-refractivity contribution < 1.29 is 4.79 Å². The Bertz CT molecular complexity index is 748. The molecule has 0 aliphatic heterocycles. The van der Waals surface area contributed by atoms with Crippen molar-refractivity contribution in [2.45, 2.75) is 12.8 Å². The number of rotatable bonds is 5. The number of H-pyrrole nitrogens is 2. The number of hydrogen-bond donors (Lipinski definition) is 3. The Balaban J connectivity index is 1.84. The fraction of sp³-hybridized carbons (Fsp3) is 0.154. The van der Waals surface area contributed by atoms with E-state index >= 15 is 0 Å². The fourth-order valence-electron chi connectivity index (χ4n) is 1.55. The second-order valence-electron chi connectivity index (χ2n) is 4.16. The summed E-state index contributed by atoms with van der Waals surface area (Å²) in [6.07, 6.45) is 1.66. The van der Waals surface area contributed by atoms with Gasteiger partial charge in [0.05, 0.1) is 6.21 Å². The minimum Gasteiger partial charge on any atom is -0.273 e. The normalized spacial score (nSPS) is 10.7. The summed E-state index contributed by atoms with van der Waals surface area (Å²) in [5.41, 5.74) is 2.03. The molecule has 0 saturated carbocycles. The molecule has 108 valence electrons. The Morgan fingerprint density at radius 3 is 2.76 bits per heavy atom. The number of benzene rings is 1. The van der Waals surface area contributed by atoms with Crippen LogP contribution in [0.1, 0.15) is 17.7 Å². The third kappa shape index (κ3) is 4.53. The fourth-order valence-corrected chi connectivity index (χ4v) is 1.55. The van der Waals surface area contributed by atoms with Gasteiger partial charge in [0.2, 0.25) is 5.91 Å². The van der Waals surface area contributed by atoms with E-state index in [2.05, 4.69) is 20.7 Å². The molecule has 8 heteroatoms. The van der Waals surface area contributed by atoms with Gasteiger partial charge in [0.25, 0.3) is 5.56 Å². The van der Waals surface area contributed by atoms with E-state index in [-0.39, 0.29) is 24.4 Å². The lowest BCUT2D eigenvalue weighted by Crippen LogP contribution is -2.28. The quantitative estimate of drug-likeness (QED) is 0.509. The first-order chi connectivity index (χ1) is 10.1. The molecule has 1 aromatic carbocycles. The predicted molar refractivity (Wildman–Crippen MR) is 76.0 cm³/mol. The van der Waals surface area contributed by atoms with E-state index in [1.165, 1.54) is 6.21 Å². The minimum atomic E-state index is -0.680. The molecule has 0 fully saturated rings. The summed E-state index contributed by atoms with van der Waals surface area (Å²) in [5, 5.41) is 9.49. The maximum Gasteiger partial charge on any atom is 0.342 e. The third-order valence-electron chi connectivity index (χ3n) is 2.57. The number of aromatic nitrogens is 3. The number of hydrogen-bond acceptors (Lipinski definition) is 5. The van der Waals surface area contributed by atoms with Crippen LogP contribution in [-0.2, 0) is 11.2 Å². The van der Waals surface area contributed by atoms with Crippen LogP contribution in [0.15, 0.2) is 45.0 Å². The van der Waals surface area contributed by atoms with Gasteiger partial charge in [-0.2, -0.15) is 10.2 Å². The summed E-state index contributed by atoms with van der Waals surface area (Å²) >= 11 is 0. The van der Waals surface area contributed by atoms with Crippen LogP contribution < -0.4 is 16.7 Å². The molecule has 0 spiro atoms. The molecule has 8 nitrogen and oxygen atoms in total. The van der Waals surface area contributed by atoms with Gasteiger partial charge >= 0.3 is 5.69 Å². The Labute approximate surface area is 118 Å². The van der Waals surface area contributed by atoms with Crippen molar-refractivity contribution in [1.82, 2.24) is 20.6 Å². The summed E-state index contributed by atoms with van der Waals surface area (Å²) < 4.78 is 0. The first kappa shape index (κ1) is 14.4. The van der Waals surface area contributed by atoms with Crippen LogP contribution in [0, 0.1) is 0 Å². The molecule has 0 radical (unpaired) electrons. The van der Waals surface area contributed by atoms with Crippen molar-refractivity contribution in [1.29, 1.82) is 0 Å². The van der Waals surface area contributed by atoms with Gasteiger partial charge in [-0.15, -0.1) is 0 Å². The molecule has 1 aromatic heterocycles. The van der Waals surface area contributed by atoms with E-state index in [9.17, 15) is 14.4 Å². The average molecular weight is 287 g/mol. The highest BCUT2D eigenvalue weighted by Crippen LogP contribution is 1.94. The highest BCUT2D eigenvalue weighted by molar-refractivity contribution is 5.82. The predicted octanol–water partition coefficient (Wildman–Crippen LogP) is -0.459. The largest absolute Gasteiger partial charge is 0.342 e. The molecule has 0 atom stereocenters. The second-order valence-corrected chi connectivity index (χ2v) is 4.16. The number of nitrogens with one attached hydrogen (secondary N) is 3. The molecule has 2 rings (SSSR count). The average Bonchev–Trinajstić information content (AvgIpc) is 2.47. The lowest BCUT2D eigenvalue weighted by molar-refractivity contribution is -0.121. The first-order valence-corrected chi connectivity index (χ1v) is 6.20. The second kappa shape index (κ2) is 6.94. The Morgan fingerprint density at radius 1 is 1.29 bits per heavy atom. The standard InChI is InChI=1S/C13H13N5O3/c19-11(17-14-8-9-4-2-1-3-5-9)7-6-10-12(20)15-13(21)18-16-10/h1-5,8H,6-7H2,(H,17,19)(H2,15,18,20,21). The van der Waals surface area contributed by atoms with Gasteiger partial charge in [-0.3, -0.25) is 14.6 Å². The molecule has 0 aliphatic rings. The smallest absolute Gasteiger partial charge is 0.273 e. The third-order valence-corrected chi connectivity index (χ3v) is 2.57. The van der Waals surface area contributed by atoms with Gasteiger partial charge in [-0.25, -0.2) is 15.3 Å². The van der Waals surface area contributed by atoms with Crippen molar-refractivity contribution in [2.24, 2.45) is 5.10 Å². The number of aromatic amines is 2. The van der Waals surface area contributed by atoms with E-state index in [1.807, 2.05) is 35.3 Å². The van der Waals surface area contributed by atoms with Crippen molar-refractivity contribution in [3.8, 4) is 0 Å². The van der Waals surface area contributed by atoms with E-state index in [0.29, 0.717) is 0 Å². The Morgan fingerprint density at radius 2 is 2.05 bits per heavy atom. The zero-order valence-corrected chi connectivity index (χ0v) is 11.0. The van der Waals surface area contributed by atoms with Crippen molar-refractivity contribution >= 4 is 12.1 Å². The minimum absolute atomic E-state index is 0.0360. The number of aryl methyl sites for hydroxylation is 1. The molecule has 0 aliphatic carbocycles.